The molecule has 0 aromatic carbocycles. The molecule has 1 aliphatic rings. The highest BCUT2D eigenvalue weighted by molar-refractivity contribution is 4.75. The van der Waals surface area contributed by atoms with Crippen molar-refractivity contribution in [3.8, 4) is 0 Å². The van der Waals surface area contributed by atoms with Crippen molar-refractivity contribution in [2.45, 2.75) is 26.2 Å². The first kappa shape index (κ1) is 10.0. The quantitative estimate of drug-likeness (QED) is 0.588. The van der Waals surface area contributed by atoms with Gasteiger partial charge in [-0.25, -0.2) is 0 Å². The predicted octanol–water partition coefficient (Wildman–Crippen LogP) is 1.66. The molecule has 1 fully saturated rings. The topological polar surface area (TPSA) is 21.3 Å². The van der Waals surface area contributed by atoms with E-state index in [2.05, 4.69) is 12.2 Å². The molecule has 2 heteroatoms. The van der Waals surface area contributed by atoms with Crippen molar-refractivity contribution in [2.24, 2.45) is 11.8 Å². The summed E-state index contributed by atoms with van der Waals surface area (Å²) in [6.45, 7) is 5.31. The SMILES string of the molecule is COCCNCC(C)CC1CC1. The zero-order valence-electron chi connectivity index (χ0n) is 8.31. The first-order chi connectivity index (χ1) is 5.83. The predicted molar refractivity (Wildman–Crippen MR) is 51.3 cm³/mol. The van der Waals surface area contributed by atoms with Gasteiger partial charge in [0.15, 0.2) is 0 Å². The van der Waals surface area contributed by atoms with E-state index in [4.69, 9.17) is 4.74 Å². The van der Waals surface area contributed by atoms with E-state index in [-0.39, 0.29) is 0 Å². The highest BCUT2D eigenvalue weighted by Crippen LogP contribution is 2.34. The van der Waals surface area contributed by atoms with Gasteiger partial charge in [-0.05, 0) is 24.8 Å². The highest BCUT2D eigenvalue weighted by Gasteiger charge is 2.22. The summed E-state index contributed by atoms with van der Waals surface area (Å²) in [7, 11) is 1.75. The Bertz CT molecular complexity index is 112. The maximum atomic E-state index is 4.95. The summed E-state index contributed by atoms with van der Waals surface area (Å²) >= 11 is 0. The van der Waals surface area contributed by atoms with Gasteiger partial charge in [-0.15, -0.1) is 0 Å². The van der Waals surface area contributed by atoms with Crippen molar-refractivity contribution in [1.82, 2.24) is 5.32 Å². The molecule has 1 aliphatic carbocycles. The van der Waals surface area contributed by atoms with Crippen LogP contribution in [0.2, 0.25) is 0 Å². The second-order valence-electron chi connectivity index (χ2n) is 3.98. The second-order valence-corrected chi connectivity index (χ2v) is 3.98. The Morgan fingerprint density at radius 1 is 1.50 bits per heavy atom. The van der Waals surface area contributed by atoms with E-state index in [1.54, 1.807) is 7.11 Å². The fraction of sp³-hybridized carbons (Fsp3) is 1.00. The van der Waals surface area contributed by atoms with Crippen molar-refractivity contribution < 1.29 is 4.74 Å². The molecule has 0 bridgehead atoms. The van der Waals surface area contributed by atoms with Crippen molar-refractivity contribution in [2.75, 3.05) is 26.8 Å². The number of hydrogen-bond donors (Lipinski definition) is 1. The molecule has 0 heterocycles. The average molecular weight is 171 g/mol. The molecule has 0 aromatic rings. The van der Waals surface area contributed by atoms with Gasteiger partial charge < -0.3 is 10.1 Å². The van der Waals surface area contributed by atoms with Crippen LogP contribution in [0.5, 0.6) is 0 Å². The number of nitrogens with one attached hydrogen (secondary N) is 1. The normalized spacial score (nSPS) is 19.5. The molecular formula is C10H21NO. The van der Waals surface area contributed by atoms with Crippen LogP contribution < -0.4 is 5.32 Å². The largest absolute Gasteiger partial charge is 0.383 e. The molecular weight excluding hydrogens is 150 g/mol. The number of ether oxygens (including phenoxy) is 1. The number of methoxy groups -OCH3 is 1. The molecule has 0 aromatic heterocycles. The van der Waals surface area contributed by atoms with E-state index < -0.39 is 0 Å². The third-order valence-corrected chi connectivity index (χ3v) is 2.41. The van der Waals surface area contributed by atoms with Crippen LogP contribution in [0.4, 0.5) is 0 Å². The fourth-order valence-electron chi connectivity index (χ4n) is 1.53. The van der Waals surface area contributed by atoms with Gasteiger partial charge in [0.2, 0.25) is 0 Å². The van der Waals surface area contributed by atoms with Crippen LogP contribution in [-0.2, 0) is 4.74 Å². The summed E-state index contributed by atoms with van der Waals surface area (Å²) in [5, 5.41) is 3.39. The van der Waals surface area contributed by atoms with Crippen LogP contribution in [-0.4, -0.2) is 26.8 Å². The van der Waals surface area contributed by atoms with Gasteiger partial charge in [0.05, 0.1) is 6.61 Å². The van der Waals surface area contributed by atoms with Crippen LogP contribution in [0, 0.1) is 11.8 Å². The summed E-state index contributed by atoms with van der Waals surface area (Å²) in [6.07, 6.45) is 4.37. The van der Waals surface area contributed by atoms with Crippen LogP contribution in [0.3, 0.4) is 0 Å². The fourth-order valence-corrected chi connectivity index (χ4v) is 1.53. The molecule has 0 radical (unpaired) electrons. The van der Waals surface area contributed by atoms with Gasteiger partial charge in [0, 0.05) is 13.7 Å². The number of rotatable bonds is 7. The molecule has 0 aliphatic heterocycles. The average Bonchev–Trinajstić information content (AvgIpc) is 2.82. The Kier molecular flexibility index (Phi) is 4.62. The Morgan fingerprint density at radius 2 is 2.25 bits per heavy atom. The first-order valence-electron chi connectivity index (χ1n) is 5.02. The van der Waals surface area contributed by atoms with Crippen molar-refractivity contribution in [3.05, 3.63) is 0 Å². The van der Waals surface area contributed by atoms with E-state index in [0.717, 1.165) is 31.5 Å². The molecule has 1 N–H and O–H groups in total. The summed E-state index contributed by atoms with van der Waals surface area (Å²) in [4.78, 5) is 0. The Labute approximate surface area is 75.7 Å². The monoisotopic (exact) mass is 171 g/mol. The van der Waals surface area contributed by atoms with Crippen LogP contribution in [0.1, 0.15) is 26.2 Å². The summed E-state index contributed by atoms with van der Waals surface area (Å²) in [5.41, 5.74) is 0. The van der Waals surface area contributed by atoms with Crippen molar-refractivity contribution in [3.63, 3.8) is 0 Å². The van der Waals surface area contributed by atoms with Gasteiger partial charge in [0.25, 0.3) is 0 Å². The van der Waals surface area contributed by atoms with Gasteiger partial charge in [-0.3, -0.25) is 0 Å². The standard InChI is InChI=1S/C10H21NO/c1-9(7-10-3-4-10)8-11-5-6-12-2/h9-11H,3-8H2,1-2H3. The lowest BCUT2D eigenvalue weighted by Crippen LogP contribution is -2.25. The minimum atomic E-state index is 0.830. The minimum Gasteiger partial charge on any atom is -0.383 e. The molecule has 72 valence electrons. The van der Waals surface area contributed by atoms with E-state index >= 15 is 0 Å². The second kappa shape index (κ2) is 5.55. The molecule has 1 saturated carbocycles. The minimum absolute atomic E-state index is 0.830. The van der Waals surface area contributed by atoms with Crippen molar-refractivity contribution in [1.29, 1.82) is 0 Å². The van der Waals surface area contributed by atoms with Crippen LogP contribution in [0.25, 0.3) is 0 Å². The molecule has 0 saturated heterocycles. The highest BCUT2D eigenvalue weighted by atomic mass is 16.5. The maximum absolute atomic E-state index is 4.95. The molecule has 1 rings (SSSR count). The molecule has 1 unspecified atom stereocenters. The lowest BCUT2D eigenvalue weighted by Gasteiger charge is -2.11. The van der Waals surface area contributed by atoms with E-state index in [0.29, 0.717) is 0 Å². The van der Waals surface area contributed by atoms with E-state index in [1.165, 1.54) is 19.3 Å². The third-order valence-electron chi connectivity index (χ3n) is 2.41. The van der Waals surface area contributed by atoms with E-state index in [9.17, 15) is 0 Å². The summed E-state index contributed by atoms with van der Waals surface area (Å²) in [5.74, 6) is 1.90. The van der Waals surface area contributed by atoms with Gasteiger partial charge >= 0.3 is 0 Å². The summed E-state index contributed by atoms with van der Waals surface area (Å²) in [6, 6.07) is 0. The summed E-state index contributed by atoms with van der Waals surface area (Å²) < 4.78 is 4.95. The van der Waals surface area contributed by atoms with Crippen LogP contribution >= 0.6 is 0 Å². The smallest absolute Gasteiger partial charge is 0.0587 e. The Balaban J connectivity index is 1.83. The lowest BCUT2D eigenvalue weighted by molar-refractivity contribution is 0.197. The molecule has 0 amide bonds. The zero-order chi connectivity index (χ0) is 8.81. The lowest BCUT2D eigenvalue weighted by atomic mass is 10.1. The van der Waals surface area contributed by atoms with Crippen LogP contribution in [0.15, 0.2) is 0 Å². The Hall–Kier alpha value is -0.0800. The maximum Gasteiger partial charge on any atom is 0.0587 e. The van der Waals surface area contributed by atoms with Gasteiger partial charge in [-0.1, -0.05) is 19.8 Å². The zero-order valence-corrected chi connectivity index (χ0v) is 8.31. The molecule has 0 spiro atoms. The third kappa shape index (κ3) is 4.73. The van der Waals surface area contributed by atoms with E-state index in [1.807, 2.05) is 0 Å². The van der Waals surface area contributed by atoms with Crippen molar-refractivity contribution >= 4 is 0 Å². The van der Waals surface area contributed by atoms with Gasteiger partial charge in [-0.2, -0.15) is 0 Å². The molecule has 1 atom stereocenters. The molecule has 12 heavy (non-hydrogen) atoms. The molecule has 2 nitrogen and oxygen atoms in total. The number of hydrogen-bond acceptors (Lipinski definition) is 2. The first-order valence-corrected chi connectivity index (χ1v) is 5.02. The van der Waals surface area contributed by atoms with Gasteiger partial charge in [0.1, 0.15) is 0 Å². The Morgan fingerprint density at radius 3 is 2.83 bits per heavy atom.